The van der Waals surface area contributed by atoms with E-state index < -0.39 is 0 Å². The lowest BCUT2D eigenvalue weighted by Gasteiger charge is -2.11. The van der Waals surface area contributed by atoms with Crippen molar-refractivity contribution in [3.05, 3.63) is 35.9 Å². The van der Waals surface area contributed by atoms with Gasteiger partial charge in [0.05, 0.1) is 19.8 Å². The van der Waals surface area contributed by atoms with Gasteiger partial charge in [-0.25, -0.2) is 0 Å². The molecule has 0 radical (unpaired) electrons. The fourth-order valence-electron chi connectivity index (χ4n) is 1.41. The van der Waals surface area contributed by atoms with Crippen molar-refractivity contribution < 1.29 is 14.6 Å². The summed E-state index contributed by atoms with van der Waals surface area (Å²) >= 11 is 0. The molecule has 1 rings (SSSR count). The van der Waals surface area contributed by atoms with Gasteiger partial charge in [-0.3, -0.25) is 4.79 Å². The molecule has 0 bridgehead atoms. The summed E-state index contributed by atoms with van der Waals surface area (Å²) in [7, 11) is 1.61. The van der Waals surface area contributed by atoms with Crippen molar-refractivity contribution in [1.29, 1.82) is 0 Å². The van der Waals surface area contributed by atoms with Crippen molar-refractivity contribution in [2.75, 3.05) is 13.7 Å². The zero-order chi connectivity index (χ0) is 13.4. The smallest absolute Gasteiger partial charge is 0.244 e. The minimum absolute atomic E-state index is 0.0430. The van der Waals surface area contributed by atoms with Crippen molar-refractivity contribution in [2.45, 2.75) is 19.4 Å². The molecule has 18 heavy (non-hydrogen) atoms. The van der Waals surface area contributed by atoms with Crippen LogP contribution in [0.3, 0.4) is 0 Å². The molecule has 0 saturated heterocycles. The molecule has 0 aliphatic heterocycles. The van der Waals surface area contributed by atoms with Gasteiger partial charge in [-0.15, -0.1) is 0 Å². The number of amides is 1. The Balaban J connectivity index is 2.54. The van der Waals surface area contributed by atoms with Crippen LogP contribution in [0.15, 0.2) is 30.3 Å². The van der Waals surface area contributed by atoms with Crippen LogP contribution >= 0.6 is 0 Å². The highest BCUT2D eigenvalue weighted by molar-refractivity contribution is 5.91. The Morgan fingerprint density at radius 1 is 1.44 bits per heavy atom. The van der Waals surface area contributed by atoms with Crippen LogP contribution in [0, 0.1) is 0 Å². The molecule has 1 aromatic carbocycles. The number of aliphatic hydroxyl groups is 1. The Morgan fingerprint density at radius 2 is 2.11 bits per heavy atom. The van der Waals surface area contributed by atoms with Crippen LogP contribution in [-0.4, -0.2) is 30.8 Å². The fraction of sp³-hybridized carbons (Fsp3) is 0.357. The molecule has 0 spiro atoms. The first-order valence-corrected chi connectivity index (χ1v) is 5.93. The van der Waals surface area contributed by atoms with Gasteiger partial charge in [0.1, 0.15) is 5.75 Å². The van der Waals surface area contributed by atoms with Crippen LogP contribution in [-0.2, 0) is 4.79 Å². The predicted octanol–water partition coefficient (Wildman–Crippen LogP) is 1.60. The number of nitrogens with one attached hydrogen (secondary N) is 1. The summed E-state index contributed by atoms with van der Waals surface area (Å²) in [6, 6.07) is 7.22. The van der Waals surface area contributed by atoms with E-state index in [-0.39, 0.29) is 18.6 Å². The topological polar surface area (TPSA) is 58.6 Å². The maximum Gasteiger partial charge on any atom is 0.244 e. The molecule has 0 unspecified atom stereocenters. The van der Waals surface area contributed by atoms with Crippen LogP contribution in [0.5, 0.6) is 5.75 Å². The second kappa shape index (κ2) is 7.50. The highest BCUT2D eigenvalue weighted by Gasteiger charge is 2.05. The SMILES string of the molecule is CC[C@H](CO)NC(=O)/C=C/c1ccc(OC)cc1. The zero-order valence-electron chi connectivity index (χ0n) is 10.7. The third-order valence-electron chi connectivity index (χ3n) is 2.60. The summed E-state index contributed by atoms with van der Waals surface area (Å²) in [5, 5.41) is 11.7. The molecular weight excluding hydrogens is 230 g/mol. The summed E-state index contributed by atoms with van der Waals surface area (Å²) < 4.78 is 5.05. The maximum absolute atomic E-state index is 11.5. The normalized spacial score (nSPS) is 12.4. The standard InChI is InChI=1S/C14H19NO3/c1-3-12(10-16)15-14(17)9-6-11-4-7-13(18-2)8-5-11/h4-9,12,16H,3,10H2,1-2H3,(H,15,17)/b9-6+/t12-/m1/s1. The van der Waals surface area contributed by atoms with Crippen molar-refractivity contribution in [1.82, 2.24) is 5.32 Å². The molecule has 2 N–H and O–H groups in total. The second-order valence-corrected chi connectivity index (χ2v) is 3.90. The second-order valence-electron chi connectivity index (χ2n) is 3.90. The summed E-state index contributed by atoms with van der Waals surface area (Å²) in [5.74, 6) is 0.578. The average molecular weight is 249 g/mol. The number of carbonyl (C=O) groups excluding carboxylic acids is 1. The largest absolute Gasteiger partial charge is 0.497 e. The molecule has 4 nitrogen and oxygen atoms in total. The number of aliphatic hydroxyl groups excluding tert-OH is 1. The first-order chi connectivity index (χ1) is 8.69. The Hall–Kier alpha value is -1.81. The molecule has 1 atom stereocenters. The van der Waals surface area contributed by atoms with E-state index in [1.54, 1.807) is 13.2 Å². The number of ether oxygens (including phenoxy) is 1. The zero-order valence-corrected chi connectivity index (χ0v) is 10.7. The van der Waals surface area contributed by atoms with Crippen LogP contribution in [0.25, 0.3) is 6.08 Å². The Labute approximate surface area is 107 Å². The lowest BCUT2D eigenvalue weighted by Crippen LogP contribution is -2.35. The Bertz CT molecular complexity index is 394. The van der Waals surface area contributed by atoms with Gasteiger partial charge in [0.25, 0.3) is 0 Å². The van der Waals surface area contributed by atoms with Gasteiger partial charge in [0, 0.05) is 6.08 Å². The molecule has 1 amide bonds. The van der Waals surface area contributed by atoms with Crippen molar-refractivity contribution in [3.63, 3.8) is 0 Å². The van der Waals surface area contributed by atoms with E-state index in [0.717, 1.165) is 11.3 Å². The summed E-state index contributed by atoms with van der Waals surface area (Å²) in [5.41, 5.74) is 0.919. The number of hydrogen-bond donors (Lipinski definition) is 2. The first-order valence-electron chi connectivity index (χ1n) is 5.93. The predicted molar refractivity (Wildman–Crippen MR) is 71.3 cm³/mol. The maximum atomic E-state index is 11.5. The number of rotatable bonds is 6. The van der Waals surface area contributed by atoms with Crippen LogP contribution < -0.4 is 10.1 Å². The molecule has 98 valence electrons. The fourth-order valence-corrected chi connectivity index (χ4v) is 1.41. The summed E-state index contributed by atoms with van der Waals surface area (Å²) in [4.78, 5) is 11.5. The van der Waals surface area contributed by atoms with Crippen molar-refractivity contribution >= 4 is 12.0 Å². The number of carbonyl (C=O) groups is 1. The molecule has 0 aliphatic rings. The lowest BCUT2D eigenvalue weighted by atomic mass is 10.2. The molecule has 0 heterocycles. The van der Waals surface area contributed by atoms with Gasteiger partial charge in [-0.2, -0.15) is 0 Å². The van der Waals surface area contributed by atoms with E-state index in [9.17, 15) is 4.79 Å². The van der Waals surface area contributed by atoms with Crippen molar-refractivity contribution in [2.24, 2.45) is 0 Å². The van der Waals surface area contributed by atoms with E-state index in [2.05, 4.69) is 5.32 Å². The Kier molecular flexibility index (Phi) is 5.94. The van der Waals surface area contributed by atoms with Gasteiger partial charge < -0.3 is 15.2 Å². The van der Waals surface area contributed by atoms with Crippen molar-refractivity contribution in [3.8, 4) is 5.75 Å². The van der Waals surface area contributed by atoms with E-state index >= 15 is 0 Å². The van der Waals surface area contributed by atoms with E-state index in [0.29, 0.717) is 6.42 Å². The first kappa shape index (κ1) is 14.3. The molecule has 0 aromatic heterocycles. The highest BCUT2D eigenvalue weighted by Crippen LogP contribution is 2.12. The van der Waals surface area contributed by atoms with E-state index in [1.807, 2.05) is 31.2 Å². The number of hydrogen-bond acceptors (Lipinski definition) is 3. The molecule has 0 saturated carbocycles. The van der Waals surface area contributed by atoms with Crippen LogP contribution in [0.1, 0.15) is 18.9 Å². The van der Waals surface area contributed by atoms with Gasteiger partial charge in [-0.05, 0) is 30.2 Å². The molecule has 1 aromatic rings. The summed E-state index contributed by atoms with van der Waals surface area (Å²) in [6.07, 6.45) is 3.89. The van der Waals surface area contributed by atoms with E-state index in [1.165, 1.54) is 6.08 Å². The lowest BCUT2D eigenvalue weighted by molar-refractivity contribution is -0.117. The van der Waals surface area contributed by atoms with Gasteiger partial charge in [0.15, 0.2) is 0 Å². The third-order valence-corrected chi connectivity index (χ3v) is 2.60. The summed E-state index contributed by atoms with van der Waals surface area (Å²) in [6.45, 7) is 1.87. The third kappa shape index (κ3) is 4.59. The monoisotopic (exact) mass is 249 g/mol. The average Bonchev–Trinajstić information content (AvgIpc) is 2.43. The van der Waals surface area contributed by atoms with Crippen LogP contribution in [0.2, 0.25) is 0 Å². The Morgan fingerprint density at radius 3 is 2.61 bits per heavy atom. The quantitative estimate of drug-likeness (QED) is 0.753. The molecular formula is C14H19NO3. The highest BCUT2D eigenvalue weighted by atomic mass is 16.5. The number of methoxy groups -OCH3 is 1. The molecule has 0 fully saturated rings. The molecule has 0 aliphatic carbocycles. The van der Waals surface area contributed by atoms with Crippen LogP contribution in [0.4, 0.5) is 0 Å². The number of benzene rings is 1. The van der Waals surface area contributed by atoms with Gasteiger partial charge >= 0.3 is 0 Å². The van der Waals surface area contributed by atoms with Gasteiger partial charge in [-0.1, -0.05) is 19.1 Å². The van der Waals surface area contributed by atoms with Gasteiger partial charge in [0.2, 0.25) is 5.91 Å². The minimum Gasteiger partial charge on any atom is -0.497 e. The van der Waals surface area contributed by atoms with E-state index in [4.69, 9.17) is 9.84 Å². The minimum atomic E-state index is -0.202. The molecule has 4 heteroatoms.